The molecule has 1 aromatic carbocycles. The van der Waals surface area contributed by atoms with Crippen LogP contribution in [0.15, 0.2) is 40.3 Å². The molecule has 0 saturated heterocycles. The van der Waals surface area contributed by atoms with Gasteiger partial charge in [-0.3, -0.25) is 0 Å². The molecule has 0 saturated carbocycles. The summed E-state index contributed by atoms with van der Waals surface area (Å²) in [7, 11) is 0. The zero-order valence-electron chi connectivity index (χ0n) is 22.5. The summed E-state index contributed by atoms with van der Waals surface area (Å²) >= 11 is 0. The van der Waals surface area contributed by atoms with E-state index in [1.807, 2.05) is 12.4 Å². The van der Waals surface area contributed by atoms with E-state index in [-0.39, 0.29) is 0 Å². The molecule has 0 aromatic heterocycles. The van der Waals surface area contributed by atoms with Crippen LogP contribution in [0.4, 0.5) is 0 Å². The summed E-state index contributed by atoms with van der Waals surface area (Å²) in [4.78, 5) is 9.13. The molecule has 2 rings (SSSR count). The van der Waals surface area contributed by atoms with Crippen LogP contribution in [0.1, 0.15) is 135 Å². The lowest BCUT2D eigenvalue weighted by molar-refractivity contribution is 0.330. The minimum absolute atomic E-state index is 0.478. The molecule has 2 atom stereocenters. The first-order valence-corrected chi connectivity index (χ1v) is 14.8. The second kappa shape index (κ2) is 19.7. The van der Waals surface area contributed by atoms with Gasteiger partial charge < -0.3 is 0 Å². The number of rotatable bonds is 22. The molecule has 0 aliphatic carbocycles. The van der Waals surface area contributed by atoms with Crippen LogP contribution in [0.5, 0.6) is 0 Å². The molecule has 0 amide bonds. The highest BCUT2D eigenvalue weighted by atomic mass is 15.0. The van der Waals surface area contributed by atoms with Gasteiger partial charge in [-0.1, -0.05) is 163 Å². The van der Waals surface area contributed by atoms with Crippen molar-refractivity contribution in [3.05, 3.63) is 42.1 Å². The maximum Gasteiger partial charge on any atom is 0.244 e. The molecule has 1 aliphatic heterocycles. The smallest absolute Gasteiger partial charge is 0.0965 e. The van der Waals surface area contributed by atoms with E-state index in [4.69, 9.17) is 0 Å². The number of hydrogen-bond donors (Lipinski definition) is 0. The Bertz CT molecular complexity index is 624. The van der Waals surface area contributed by atoms with Crippen molar-refractivity contribution in [2.24, 2.45) is 21.8 Å². The predicted octanol–water partition coefficient (Wildman–Crippen LogP) is 10.2. The van der Waals surface area contributed by atoms with Gasteiger partial charge in [-0.05, 0) is 24.3 Å². The monoisotopic (exact) mass is 465 g/mol. The fraction of sp³-hybridized carbons (Fsp3) is 0.719. The van der Waals surface area contributed by atoms with Gasteiger partial charge in [-0.15, -0.1) is 0 Å². The zero-order valence-corrected chi connectivity index (χ0v) is 22.5. The minimum atomic E-state index is 0.478. The minimum Gasteiger partial charge on any atom is -0.0965 e. The Morgan fingerprint density at radius 2 is 1.06 bits per heavy atom. The summed E-state index contributed by atoms with van der Waals surface area (Å²) in [5.41, 5.74) is 1.42. The Morgan fingerprint density at radius 1 is 0.618 bits per heavy atom. The van der Waals surface area contributed by atoms with E-state index in [1.54, 1.807) is 0 Å². The number of aliphatic imine (C=N–C) groups is 2. The average Bonchev–Trinajstić information content (AvgIpc) is 3.38. The van der Waals surface area contributed by atoms with Crippen LogP contribution in [0.3, 0.4) is 0 Å². The van der Waals surface area contributed by atoms with Gasteiger partial charge in [0.2, 0.25) is 6.17 Å². The third kappa shape index (κ3) is 13.4. The Morgan fingerprint density at radius 3 is 1.53 bits per heavy atom. The molecular weight excluding hydrogens is 412 g/mol. The summed E-state index contributed by atoms with van der Waals surface area (Å²) in [5, 5.41) is 0. The summed E-state index contributed by atoms with van der Waals surface area (Å²) in [6.07, 6.45) is 31.3. The fourth-order valence-electron chi connectivity index (χ4n) is 5.33. The lowest BCUT2D eigenvalue weighted by Crippen LogP contribution is -2.19. The fourth-order valence-corrected chi connectivity index (χ4v) is 5.33. The molecule has 0 spiro atoms. The van der Waals surface area contributed by atoms with E-state index in [1.165, 1.54) is 121 Å². The number of hydrogen-bond acceptors (Lipinski definition) is 2. The van der Waals surface area contributed by atoms with Crippen molar-refractivity contribution in [2.45, 2.75) is 136 Å². The van der Waals surface area contributed by atoms with Crippen LogP contribution in [-0.4, -0.2) is 12.4 Å². The van der Waals surface area contributed by atoms with Gasteiger partial charge in [0.1, 0.15) is 0 Å². The second-order valence-electron chi connectivity index (χ2n) is 10.6. The summed E-state index contributed by atoms with van der Waals surface area (Å²) in [5.74, 6) is 1.05. The molecule has 2 heteroatoms. The predicted molar refractivity (Wildman–Crippen MR) is 152 cm³/mol. The van der Waals surface area contributed by atoms with Gasteiger partial charge >= 0.3 is 0 Å². The molecular formula is C32H53N2+. The van der Waals surface area contributed by atoms with E-state index in [0.29, 0.717) is 11.8 Å². The van der Waals surface area contributed by atoms with E-state index >= 15 is 0 Å². The zero-order chi connectivity index (χ0) is 24.1. The third-order valence-electron chi connectivity index (χ3n) is 7.52. The lowest BCUT2D eigenvalue weighted by atomic mass is 9.82. The first-order valence-electron chi connectivity index (χ1n) is 14.8. The summed E-state index contributed by atoms with van der Waals surface area (Å²) in [6.45, 7) is 4.67. The van der Waals surface area contributed by atoms with Crippen LogP contribution < -0.4 is 0 Å². The molecule has 1 heterocycles. The van der Waals surface area contributed by atoms with Crippen LogP contribution in [0, 0.1) is 18.0 Å². The summed E-state index contributed by atoms with van der Waals surface area (Å²) in [6, 6.07) is 10.9. The van der Waals surface area contributed by atoms with Crippen molar-refractivity contribution < 1.29 is 0 Å². The topological polar surface area (TPSA) is 24.7 Å². The van der Waals surface area contributed by atoms with Crippen LogP contribution >= 0.6 is 0 Å². The highest BCUT2D eigenvalue weighted by Crippen LogP contribution is 2.33. The number of nitrogens with zero attached hydrogens (tertiary/aromatic N) is 2. The van der Waals surface area contributed by atoms with Gasteiger partial charge in [-0.25, -0.2) is 0 Å². The highest BCUT2D eigenvalue weighted by molar-refractivity contribution is 6.18. The van der Waals surface area contributed by atoms with E-state index in [2.05, 4.69) is 54.2 Å². The standard InChI is InChI=1S/C32H53N2/c1-3-4-5-6-7-8-9-10-11-12-13-14-15-16-17-18-22-25-31(32-33-26-27-34-32)29(2)28-30-23-20-19-21-24-30/h19-21,23-24,26-27,29,31H,3-18,22,25,28H2,1-2H3/q+1. The van der Waals surface area contributed by atoms with Gasteiger partial charge in [0.15, 0.2) is 12.4 Å². The quantitative estimate of drug-likeness (QED) is 0.120. The molecule has 0 fully saturated rings. The van der Waals surface area contributed by atoms with Gasteiger partial charge in [0, 0.05) is 0 Å². The molecule has 0 N–H and O–H groups in total. The molecule has 190 valence electrons. The van der Waals surface area contributed by atoms with E-state index in [9.17, 15) is 0 Å². The Balaban J connectivity index is 1.44. The maximum atomic E-state index is 4.56. The molecule has 0 bridgehead atoms. The van der Waals surface area contributed by atoms with E-state index in [0.717, 1.165) is 12.6 Å². The maximum absolute atomic E-state index is 4.56. The molecule has 2 unspecified atom stereocenters. The largest absolute Gasteiger partial charge is 0.244 e. The average molecular weight is 466 g/mol. The van der Waals surface area contributed by atoms with Gasteiger partial charge in [-0.2, -0.15) is 0 Å². The molecule has 2 nitrogen and oxygen atoms in total. The van der Waals surface area contributed by atoms with Crippen molar-refractivity contribution in [1.82, 2.24) is 0 Å². The number of benzene rings is 1. The number of unbranched alkanes of at least 4 members (excludes halogenated alkanes) is 16. The second-order valence-corrected chi connectivity index (χ2v) is 10.6. The first-order chi connectivity index (χ1) is 16.8. The van der Waals surface area contributed by atoms with Crippen molar-refractivity contribution in [2.75, 3.05) is 0 Å². The molecule has 1 aromatic rings. The van der Waals surface area contributed by atoms with Crippen LogP contribution in [0.25, 0.3) is 0 Å². The van der Waals surface area contributed by atoms with E-state index < -0.39 is 0 Å². The first kappa shape index (κ1) is 28.7. The van der Waals surface area contributed by atoms with Crippen molar-refractivity contribution in [1.29, 1.82) is 0 Å². The Kier molecular flexibility index (Phi) is 16.6. The molecule has 1 aliphatic rings. The highest BCUT2D eigenvalue weighted by Gasteiger charge is 2.33. The normalized spacial score (nSPS) is 14.7. The molecule has 34 heavy (non-hydrogen) atoms. The van der Waals surface area contributed by atoms with Gasteiger partial charge in [0.05, 0.1) is 5.92 Å². The van der Waals surface area contributed by atoms with Crippen LogP contribution in [-0.2, 0) is 6.42 Å². The van der Waals surface area contributed by atoms with Crippen molar-refractivity contribution >= 4 is 12.4 Å². The SMILES string of the molecule is CCCCCCCCCCCCCCCCCCCC([C+]1N=CC=N1)C(C)Cc1ccccc1. The lowest BCUT2D eigenvalue weighted by Gasteiger charge is -2.22. The van der Waals surface area contributed by atoms with Gasteiger partial charge in [0.25, 0.3) is 0 Å². The molecule has 0 radical (unpaired) electrons. The van der Waals surface area contributed by atoms with Crippen molar-refractivity contribution in [3.8, 4) is 0 Å². The third-order valence-corrected chi connectivity index (χ3v) is 7.52. The van der Waals surface area contributed by atoms with Crippen molar-refractivity contribution in [3.63, 3.8) is 0 Å². The summed E-state index contributed by atoms with van der Waals surface area (Å²) < 4.78 is 0. The Hall–Kier alpha value is -1.57. The Labute approximate surface area is 212 Å². The van der Waals surface area contributed by atoms with Crippen LogP contribution in [0.2, 0.25) is 0 Å².